The highest BCUT2D eigenvalue weighted by atomic mass is 16.1. The molecule has 0 spiro atoms. The molecule has 1 aliphatic carbocycles. The van der Waals surface area contributed by atoms with Crippen LogP contribution in [-0.2, 0) is 0 Å². The van der Waals surface area contributed by atoms with Crippen LogP contribution >= 0.6 is 0 Å². The quantitative estimate of drug-likeness (QED) is 0.851. The van der Waals surface area contributed by atoms with Crippen molar-refractivity contribution >= 4 is 11.9 Å². The molecule has 3 rings (SSSR count). The van der Waals surface area contributed by atoms with Crippen molar-refractivity contribution < 1.29 is 4.79 Å². The van der Waals surface area contributed by atoms with Crippen LogP contribution in [0, 0.1) is 0 Å². The summed E-state index contributed by atoms with van der Waals surface area (Å²) in [6, 6.07) is 9.16. The Morgan fingerprint density at radius 1 is 1.26 bits per heavy atom. The predicted octanol–water partition coefficient (Wildman–Crippen LogP) is 2.96. The fourth-order valence-electron chi connectivity index (χ4n) is 2.72. The molecule has 1 heterocycles. The van der Waals surface area contributed by atoms with Gasteiger partial charge in [-0.3, -0.25) is 4.79 Å². The number of nitrogens with two attached hydrogens (primary N) is 1. The third-order valence-electron chi connectivity index (χ3n) is 3.96. The number of nitrogens with one attached hydrogen (secondary N) is 1. The molecule has 0 radical (unpaired) electrons. The molecular formula is C18H20N4O. The smallest absolute Gasteiger partial charge is 0.251 e. The Morgan fingerprint density at radius 2 is 2.17 bits per heavy atom. The maximum atomic E-state index is 12.3. The molecule has 0 bridgehead atoms. The normalized spacial score (nSPS) is 14.2. The number of rotatable bonds is 4. The van der Waals surface area contributed by atoms with Gasteiger partial charge in [0.2, 0.25) is 5.95 Å². The Hall–Kier alpha value is -2.69. The summed E-state index contributed by atoms with van der Waals surface area (Å²) < 4.78 is 0. The van der Waals surface area contributed by atoms with E-state index < -0.39 is 0 Å². The van der Waals surface area contributed by atoms with Gasteiger partial charge in [-0.25, -0.2) is 9.97 Å². The van der Waals surface area contributed by atoms with Gasteiger partial charge < -0.3 is 11.1 Å². The summed E-state index contributed by atoms with van der Waals surface area (Å²) in [5, 5.41) is 2.99. The zero-order chi connectivity index (χ0) is 16.1. The van der Waals surface area contributed by atoms with Gasteiger partial charge >= 0.3 is 0 Å². The van der Waals surface area contributed by atoms with E-state index in [1.54, 1.807) is 18.3 Å². The average molecular weight is 308 g/mol. The first-order valence-electron chi connectivity index (χ1n) is 7.87. The van der Waals surface area contributed by atoms with E-state index in [0.717, 1.165) is 18.4 Å². The lowest BCUT2D eigenvalue weighted by molar-refractivity contribution is 0.0956. The van der Waals surface area contributed by atoms with Crippen molar-refractivity contribution in [3.05, 3.63) is 53.7 Å². The molecule has 5 heteroatoms. The van der Waals surface area contributed by atoms with E-state index in [2.05, 4.69) is 21.4 Å². The number of hydrogen-bond donors (Lipinski definition) is 2. The Kier molecular flexibility index (Phi) is 4.66. The number of hydrogen-bond acceptors (Lipinski definition) is 4. The molecule has 0 saturated carbocycles. The van der Waals surface area contributed by atoms with Crippen molar-refractivity contribution in [1.82, 2.24) is 15.3 Å². The fourth-order valence-corrected chi connectivity index (χ4v) is 2.72. The second-order valence-corrected chi connectivity index (χ2v) is 5.67. The number of nitrogens with zero attached hydrogens (tertiary/aromatic N) is 2. The van der Waals surface area contributed by atoms with Crippen LogP contribution in [0.3, 0.4) is 0 Å². The number of allylic oxidation sites excluding steroid dienone is 1. The monoisotopic (exact) mass is 308 g/mol. The molecule has 23 heavy (non-hydrogen) atoms. The van der Waals surface area contributed by atoms with Crippen molar-refractivity contribution in [2.45, 2.75) is 25.7 Å². The average Bonchev–Trinajstić information content (AvgIpc) is 2.61. The second-order valence-electron chi connectivity index (χ2n) is 5.67. The summed E-state index contributed by atoms with van der Waals surface area (Å²) in [6.07, 6.45) is 8.52. The van der Waals surface area contributed by atoms with Gasteiger partial charge in [0.1, 0.15) is 0 Å². The van der Waals surface area contributed by atoms with Crippen LogP contribution in [0.5, 0.6) is 0 Å². The predicted molar refractivity (Wildman–Crippen MR) is 90.8 cm³/mol. The van der Waals surface area contributed by atoms with Gasteiger partial charge in [-0.1, -0.05) is 23.8 Å². The lowest BCUT2D eigenvalue weighted by atomic mass is 9.99. The van der Waals surface area contributed by atoms with Crippen LogP contribution in [0.15, 0.2) is 48.2 Å². The Morgan fingerprint density at radius 3 is 2.96 bits per heavy atom. The molecule has 1 aliphatic rings. The van der Waals surface area contributed by atoms with Crippen LogP contribution in [0.2, 0.25) is 0 Å². The van der Waals surface area contributed by atoms with Gasteiger partial charge in [0, 0.05) is 23.9 Å². The number of aromatic nitrogens is 2. The topological polar surface area (TPSA) is 80.9 Å². The summed E-state index contributed by atoms with van der Waals surface area (Å²) in [5.74, 6) is 0.155. The van der Waals surface area contributed by atoms with Gasteiger partial charge in [0.25, 0.3) is 5.91 Å². The van der Waals surface area contributed by atoms with E-state index >= 15 is 0 Å². The minimum Gasteiger partial charge on any atom is -0.368 e. The maximum absolute atomic E-state index is 12.3. The van der Waals surface area contributed by atoms with Crippen molar-refractivity contribution in [1.29, 1.82) is 0 Å². The lowest BCUT2D eigenvalue weighted by Crippen LogP contribution is -2.26. The molecule has 0 unspecified atom stereocenters. The van der Waals surface area contributed by atoms with Crippen molar-refractivity contribution in [3.63, 3.8) is 0 Å². The summed E-state index contributed by atoms with van der Waals surface area (Å²) in [5.41, 5.74) is 9.12. The third-order valence-corrected chi connectivity index (χ3v) is 3.96. The van der Waals surface area contributed by atoms with Crippen molar-refractivity contribution in [3.8, 4) is 11.3 Å². The Bertz CT molecular complexity index is 739. The highest BCUT2D eigenvalue weighted by molar-refractivity contribution is 5.95. The third kappa shape index (κ3) is 3.94. The number of benzene rings is 1. The van der Waals surface area contributed by atoms with Crippen molar-refractivity contribution in [2.24, 2.45) is 0 Å². The molecule has 1 aromatic carbocycles. The molecule has 0 atom stereocenters. The van der Waals surface area contributed by atoms with Crippen LogP contribution in [0.4, 0.5) is 5.95 Å². The summed E-state index contributed by atoms with van der Waals surface area (Å²) >= 11 is 0. The molecule has 1 aromatic heterocycles. The van der Waals surface area contributed by atoms with Gasteiger partial charge in [0.05, 0.1) is 5.69 Å². The van der Waals surface area contributed by atoms with Crippen LogP contribution in [0.25, 0.3) is 11.3 Å². The van der Waals surface area contributed by atoms with Crippen LogP contribution < -0.4 is 11.1 Å². The van der Waals surface area contributed by atoms with Gasteiger partial charge in [-0.15, -0.1) is 0 Å². The first kappa shape index (κ1) is 15.2. The van der Waals surface area contributed by atoms with E-state index in [-0.39, 0.29) is 11.9 Å². The van der Waals surface area contributed by atoms with Crippen LogP contribution in [-0.4, -0.2) is 22.4 Å². The zero-order valence-electron chi connectivity index (χ0n) is 13.0. The van der Waals surface area contributed by atoms with Gasteiger partial charge in [-0.05, 0) is 43.9 Å². The molecule has 0 aliphatic heterocycles. The Labute approximate surface area is 135 Å². The zero-order valence-corrected chi connectivity index (χ0v) is 13.0. The van der Waals surface area contributed by atoms with E-state index in [9.17, 15) is 4.79 Å². The maximum Gasteiger partial charge on any atom is 0.251 e. The molecule has 2 aromatic rings. The summed E-state index contributed by atoms with van der Waals surface area (Å²) in [6.45, 7) is 0.628. The Balaban J connectivity index is 1.71. The first-order valence-corrected chi connectivity index (χ1v) is 7.87. The molecule has 3 N–H and O–H groups in total. The minimum absolute atomic E-state index is 0.0691. The molecule has 1 amide bonds. The number of nitrogen functional groups attached to an aromatic ring is 1. The molecule has 0 saturated heterocycles. The highest BCUT2D eigenvalue weighted by Gasteiger charge is 2.10. The molecule has 5 nitrogen and oxygen atoms in total. The summed E-state index contributed by atoms with van der Waals surface area (Å²) in [4.78, 5) is 20.4. The minimum atomic E-state index is -0.0691. The standard InChI is InChI=1S/C18H20N4O/c19-18-20-10-9-16(22-18)14-7-4-8-15(11-14)17(23)21-12-13-5-2-1-3-6-13/h4-5,7-11H,1-3,6,12H2,(H,21,23)(H2,19,20,22). The summed E-state index contributed by atoms with van der Waals surface area (Å²) in [7, 11) is 0. The van der Waals surface area contributed by atoms with Gasteiger partial charge in [-0.2, -0.15) is 0 Å². The largest absolute Gasteiger partial charge is 0.368 e. The van der Waals surface area contributed by atoms with Crippen molar-refractivity contribution in [2.75, 3.05) is 12.3 Å². The lowest BCUT2D eigenvalue weighted by Gasteiger charge is -2.13. The second kappa shape index (κ2) is 7.05. The first-order chi connectivity index (χ1) is 11.2. The molecule has 118 valence electrons. The SMILES string of the molecule is Nc1nccc(-c2cccc(C(=O)NCC3=CCCCC3)c2)n1. The highest BCUT2D eigenvalue weighted by Crippen LogP contribution is 2.19. The fraction of sp³-hybridized carbons (Fsp3) is 0.278. The van der Waals surface area contributed by atoms with E-state index in [1.807, 2.05) is 18.2 Å². The number of amides is 1. The molecular weight excluding hydrogens is 288 g/mol. The van der Waals surface area contributed by atoms with Crippen LogP contribution in [0.1, 0.15) is 36.0 Å². The number of carbonyl (C=O) groups excluding carboxylic acids is 1. The number of anilines is 1. The molecule has 0 fully saturated rings. The van der Waals surface area contributed by atoms with Gasteiger partial charge in [0.15, 0.2) is 0 Å². The van der Waals surface area contributed by atoms with E-state index in [0.29, 0.717) is 17.8 Å². The van der Waals surface area contributed by atoms with E-state index in [1.165, 1.54) is 18.4 Å². The number of carbonyl (C=O) groups is 1. The van der Waals surface area contributed by atoms with E-state index in [4.69, 9.17) is 5.73 Å².